The van der Waals surface area contributed by atoms with Crippen molar-refractivity contribution in [1.29, 1.82) is 0 Å². The molecule has 0 radical (unpaired) electrons. The monoisotopic (exact) mass is 300 g/mol. The van der Waals surface area contributed by atoms with Gasteiger partial charge in [0.2, 0.25) is 0 Å². The summed E-state index contributed by atoms with van der Waals surface area (Å²) in [5.74, 6) is 0.553. The number of nitrogens with zero attached hydrogens (tertiary/aromatic N) is 2. The zero-order valence-electron chi connectivity index (χ0n) is 11.7. The van der Waals surface area contributed by atoms with E-state index >= 15 is 0 Å². The fourth-order valence-electron chi connectivity index (χ4n) is 2.86. The van der Waals surface area contributed by atoms with Crippen LogP contribution in [0.1, 0.15) is 34.7 Å². The molecule has 21 heavy (non-hydrogen) atoms. The number of likely N-dealkylation sites (tertiary alicyclic amines) is 1. The number of hydrogen-bond donors (Lipinski definition) is 0. The number of piperidine rings is 1. The van der Waals surface area contributed by atoms with Crippen molar-refractivity contribution in [2.75, 3.05) is 13.1 Å². The Balaban J connectivity index is 1.66. The minimum absolute atomic E-state index is 0.00825. The molecule has 2 heterocycles. The number of benzene rings is 1. The number of amides is 1. The van der Waals surface area contributed by atoms with Crippen molar-refractivity contribution in [2.45, 2.75) is 18.8 Å². The maximum atomic E-state index is 12.5. The molecule has 1 aromatic carbocycles. The van der Waals surface area contributed by atoms with E-state index in [0.717, 1.165) is 25.9 Å². The van der Waals surface area contributed by atoms with E-state index in [0.29, 0.717) is 16.5 Å². The van der Waals surface area contributed by atoms with Crippen molar-refractivity contribution < 1.29 is 4.79 Å². The lowest BCUT2D eigenvalue weighted by Crippen LogP contribution is -2.38. The van der Waals surface area contributed by atoms with Crippen molar-refractivity contribution in [1.82, 2.24) is 9.88 Å². The highest BCUT2D eigenvalue weighted by atomic mass is 35.5. The summed E-state index contributed by atoms with van der Waals surface area (Å²) < 4.78 is 0. The fourth-order valence-corrected chi connectivity index (χ4v) is 3.06. The molecule has 108 valence electrons. The Bertz CT molecular complexity index is 622. The zero-order chi connectivity index (χ0) is 14.7. The summed E-state index contributed by atoms with van der Waals surface area (Å²) in [4.78, 5) is 18.3. The Labute approximate surface area is 129 Å². The first kappa shape index (κ1) is 14.1. The largest absolute Gasteiger partial charge is 0.339 e. The molecule has 2 aromatic rings. The van der Waals surface area contributed by atoms with Crippen LogP contribution in [0.4, 0.5) is 0 Å². The molecular weight excluding hydrogens is 284 g/mol. The van der Waals surface area contributed by atoms with E-state index < -0.39 is 0 Å². The van der Waals surface area contributed by atoms with Gasteiger partial charge in [-0.25, -0.2) is 0 Å². The highest BCUT2D eigenvalue weighted by molar-refractivity contribution is 6.33. The van der Waals surface area contributed by atoms with Gasteiger partial charge < -0.3 is 4.90 Å². The van der Waals surface area contributed by atoms with Gasteiger partial charge in [-0.05, 0) is 30.4 Å². The average Bonchev–Trinajstić information content (AvgIpc) is 2.56. The number of halogens is 1. The van der Waals surface area contributed by atoms with E-state index in [1.165, 1.54) is 11.8 Å². The predicted octanol–water partition coefficient (Wildman–Crippen LogP) is 3.75. The van der Waals surface area contributed by atoms with Crippen molar-refractivity contribution in [3.8, 4) is 0 Å². The molecule has 4 heteroatoms. The summed E-state index contributed by atoms with van der Waals surface area (Å²) >= 11 is 6.05. The van der Waals surface area contributed by atoms with Gasteiger partial charge >= 0.3 is 0 Å². The van der Waals surface area contributed by atoms with E-state index in [2.05, 4.69) is 29.2 Å². The Morgan fingerprint density at radius 1 is 1.14 bits per heavy atom. The Hall–Kier alpha value is -1.87. The lowest BCUT2D eigenvalue weighted by Gasteiger charge is -2.32. The Morgan fingerprint density at radius 2 is 1.86 bits per heavy atom. The van der Waals surface area contributed by atoms with Gasteiger partial charge in [-0.15, -0.1) is 0 Å². The van der Waals surface area contributed by atoms with Crippen LogP contribution >= 0.6 is 11.6 Å². The normalized spacial score (nSPS) is 16.0. The molecule has 0 atom stereocenters. The van der Waals surface area contributed by atoms with Crippen molar-refractivity contribution in [2.24, 2.45) is 0 Å². The quantitative estimate of drug-likeness (QED) is 0.846. The maximum Gasteiger partial charge on any atom is 0.255 e. The second kappa shape index (κ2) is 6.27. The summed E-state index contributed by atoms with van der Waals surface area (Å²) in [5, 5.41) is 0.424. The number of carbonyl (C=O) groups is 1. The lowest BCUT2D eigenvalue weighted by molar-refractivity contribution is 0.0713. The number of rotatable bonds is 2. The predicted molar refractivity (Wildman–Crippen MR) is 83.6 cm³/mol. The van der Waals surface area contributed by atoms with Gasteiger partial charge in [-0.2, -0.15) is 0 Å². The third-order valence-electron chi connectivity index (χ3n) is 4.06. The van der Waals surface area contributed by atoms with Crippen LogP contribution in [0.3, 0.4) is 0 Å². The van der Waals surface area contributed by atoms with Crippen molar-refractivity contribution in [3.63, 3.8) is 0 Å². The van der Waals surface area contributed by atoms with Crippen LogP contribution in [-0.4, -0.2) is 28.9 Å². The zero-order valence-corrected chi connectivity index (χ0v) is 12.5. The molecule has 0 bridgehead atoms. The number of aromatic nitrogens is 1. The average molecular weight is 301 g/mol. The highest BCUT2D eigenvalue weighted by Gasteiger charge is 2.25. The van der Waals surface area contributed by atoms with Crippen LogP contribution in [0.15, 0.2) is 48.8 Å². The standard InChI is InChI=1S/C17H17ClN2O/c18-16-12-19-9-6-15(16)17(21)20-10-7-14(8-11-20)13-4-2-1-3-5-13/h1-6,9,12,14H,7-8,10-11H2. The first-order valence-corrected chi connectivity index (χ1v) is 7.57. The summed E-state index contributed by atoms with van der Waals surface area (Å²) in [6.07, 6.45) is 5.12. The molecular formula is C17H17ClN2O. The smallest absolute Gasteiger partial charge is 0.255 e. The number of hydrogen-bond acceptors (Lipinski definition) is 2. The number of pyridine rings is 1. The molecule has 3 rings (SSSR count). The molecule has 1 aliphatic heterocycles. The number of carbonyl (C=O) groups excluding carboxylic acids is 1. The van der Waals surface area contributed by atoms with Gasteiger partial charge in [-0.3, -0.25) is 9.78 Å². The molecule has 1 aromatic heterocycles. The molecule has 0 N–H and O–H groups in total. The van der Waals surface area contributed by atoms with Crippen LogP contribution in [0, 0.1) is 0 Å². The topological polar surface area (TPSA) is 33.2 Å². The van der Waals surface area contributed by atoms with E-state index in [1.807, 2.05) is 11.0 Å². The van der Waals surface area contributed by atoms with Gasteiger partial charge in [0, 0.05) is 25.5 Å². The SMILES string of the molecule is O=C(c1ccncc1Cl)N1CCC(c2ccccc2)CC1. The second-order valence-corrected chi connectivity index (χ2v) is 5.74. The van der Waals surface area contributed by atoms with Crippen LogP contribution in [0.25, 0.3) is 0 Å². The van der Waals surface area contributed by atoms with Gasteiger partial charge in [0.25, 0.3) is 5.91 Å². The van der Waals surface area contributed by atoms with Crippen LogP contribution in [0.2, 0.25) is 5.02 Å². The Kier molecular flexibility index (Phi) is 4.20. The molecule has 0 aliphatic carbocycles. The van der Waals surface area contributed by atoms with Gasteiger partial charge in [-0.1, -0.05) is 41.9 Å². The first-order chi connectivity index (χ1) is 10.3. The second-order valence-electron chi connectivity index (χ2n) is 5.33. The van der Waals surface area contributed by atoms with Gasteiger partial charge in [0.15, 0.2) is 0 Å². The van der Waals surface area contributed by atoms with Crippen molar-refractivity contribution in [3.05, 3.63) is 64.9 Å². The summed E-state index contributed by atoms with van der Waals surface area (Å²) in [7, 11) is 0. The highest BCUT2D eigenvalue weighted by Crippen LogP contribution is 2.29. The van der Waals surface area contributed by atoms with E-state index in [4.69, 9.17) is 11.6 Å². The minimum atomic E-state index is 0.00825. The molecule has 0 saturated carbocycles. The fraction of sp³-hybridized carbons (Fsp3) is 0.294. The molecule has 0 spiro atoms. The maximum absolute atomic E-state index is 12.5. The first-order valence-electron chi connectivity index (χ1n) is 7.19. The van der Waals surface area contributed by atoms with E-state index in [9.17, 15) is 4.79 Å². The van der Waals surface area contributed by atoms with Gasteiger partial charge in [0.05, 0.1) is 10.6 Å². The molecule has 0 unspecified atom stereocenters. The minimum Gasteiger partial charge on any atom is -0.339 e. The summed E-state index contributed by atoms with van der Waals surface area (Å²) in [6, 6.07) is 12.2. The van der Waals surface area contributed by atoms with E-state index in [-0.39, 0.29) is 5.91 Å². The molecule has 1 aliphatic rings. The molecule has 1 saturated heterocycles. The van der Waals surface area contributed by atoms with Crippen molar-refractivity contribution >= 4 is 17.5 Å². The third kappa shape index (κ3) is 3.08. The lowest BCUT2D eigenvalue weighted by atomic mass is 9.89. The summed E-state index contributed by atoms with van der Waals surface area (Å²) in [6.45, 7) is 1.55. The van der Waals surface area contributed by atoms with Crippen LogP contribution < -0.4 is 0 Å². The van der Waals surface area contributed by atoms with E-state index in [1.54, 1.807) is 12.3 Å². The van der Waals surface area contributed by atoms with Gasteiger partial charge in [0.1, 0.15) is 0 Å². The molecule has 1 fully saturated rings. The Morgan fingerprint density at radius 3 is 2.52 bits per heavy atom. The summed E-state index contributed by atoms with van der Waals surface area (Å²) in [5.41, 5.74) is 1.91. The van der Waals surface area contributed by atoms with Crippen LogP contribution in [-0.2, 0) is 0 Å². The molecule has 3 nitrogen and oxygen atoms in total. The third-order valence-corrected chi connectivity index (χ3v) is 4.36. The molecule has 1 amide bonds. The van der Waals surface area contributed by atoms with Crippen LogP contribution in [0.5, 0.6) is 0 Å².